The van der Waals surface area contributed by atoms with Crippen LogP contribution in [-0.4, -0.2) is 4.98 Å². The van der Waals surface area contributed by atoms with Crippen molar-refractivity contribution in [3.63, 3.8) is 0 Å². The van der Waals surface area contributed by atoms with Crippen LogP contribution >= 0.6 is 22.9 Å². The van der Waals surface area contributed by atoms with Gasteiger partial charge in [0.1, 0.15) is 6.17 Å². The first-order valence-electron chi connectivity index (χ1n) is 7.26. The zero-order chi connectivity index (χ0) is 15.8. The topological polar surface area (TPSA) is 50.9 Å². The third-order valence-electron chi connectivity index (χ3n) is 3.79. The predicted molar refractivity (Wildman–Crippen MR) is 99.1 cm³/mol. The molecule has 1 heterocycles. The van der Waals surface area contributed by atoms with Gasteiger partial charge in [0.15, 0.2) is 5.13 Å². The van der Waals surface area contributed by atoms with Gasteiger partial charge in [-0.15, -0.1) is 0 Å². The minimum Gasteiger partial charge on any atom is -0.342 e. The van der Waals surface area contributed by atoms with Gasteiger partial charge in [-0.05, 0) is 34.5 Å². The molecular formula is C18H14ClN3S. The smallest absolute Gasteiger partial charge is 0.185 e. The monoisotopic (exact) mass is 339 g/mol. The number of benzene rings is 3. The molecule has 0 saturated carbocycles. The third kappa shape index (κ3) is 2.77. The number of hydrogen-bond donors (Lipinski definition) is 2. The number of aromatic nitrogens is 1. The van der Waals surface area contributed by atoms with E-state index in [0.717, 1.165) is 26.3 Å². The van der Waals surface area contributed by atoms with Crippen LogP contribution in [0.3, 0.4) is 0 Å². The number of nitrogens with zero attached hydrogens (tertiary/aromatic N) is 1. The SMILES string of the molecule is NC(Nc1nc2ccc(Cl)cc2s1)c1cccc2ccccc12. The summed E-state index contributed by atoms with van der Waals surface area (Å²) < 4.78 is 1.05. The van der Waals surface area contributed by atoms with Crippen molar-refractivity contribution < 1.29 is 0 Å². The van der Waals surface area contributed by atoms with E-state index in [-0.39, 0.29) is 6.17 Å². The highest BCUT2D eigenvalue weighted by Gasteiger charge is 2.12. The Balaban J connectivity index is 1.69. The van der Waals surface area contributed by atoms with E-state index in [0.29, 0.717) is 5.02 Å². The number of anilines is 1. The van der Waals surface area contributed by atoms with Gasteiger partial charge in [-0.1, -0.05) is 65.4 Å². The molecule has 0 fully saturated rings. The van der Waals surface area contributed by atoms with Crippen molar-refractivity contribution in [2.75, 3.05) is 5.32 Å². The minimum absolute atomic E-state index is 0.322. The lowest BCUT2D eigenvalue weighted by Gasteiger charge is -2.15. The van der Waals surface area contributed by atoms with Crippen molar-refractivity contribution in [3.05, 3.63) is 71.2 Å². The van der Waals surface area contributed by atoms with Crippen LogP contribution in [0.25, 0.3) is 21.0 Å². The van der Waals surface area contributed by atoms with E-state index in [4.69, 9.17) is 17.3 Å². The van der Waals surface area contributed by atoms with Crippen molar-refractivity contribution in [1.29, 1.82) is 0 Å². The lowest BCUT2D eigenvalue weighted by molar-refractivity contribution is 0.843. The zero-order valence-electron chi connectivity index (χ0n) is 12.2. The second-order valence-corrected chi connectivity index (χ2v) is 6.79. The molecule has 0 amide bonds. The molecule has 0 aliphatic carbocycles. The first kappa shape index (κ1) is 14.5. The van der Waals surface area contributed by atoms with Gasteiger partial charge >= 0.3 is 0 Å². The Kier molecular flexibility index (Phi) is 3.65. The summed E-state index contributed by atoms with van der Waals surface area (Å²) >= 11 is 7.58. The van der Waals surface area contributed by atoms with E-state index in [9.17, 15) is 0 Å². The van der Waals surface area contributed by atoms with Crippen molar-refractivity contribution in [3.8, 4) is 0 Å². The Bertz CT molecular complexity index is 991. The summed E-state index contributed by atoms with van der Waals surface area (Å²) in [4.78, 5) is 4.57. The highest BCUT2D eigenvalue weighted by Crippen LogP contribution is 2.31. The van der Waals surface area contributed by atoms with E-state index >= 15 is 0 Å². The van der Waals surface area contributed by atoms with Crippen molar-refractivity contribution in [1.82, 2.24) is 4.98 Å². The number of nitrogens with two attached hydrogens (primary N) is 1. The molecule has 114 valence electrons. The number of fused-ring (bicyclic) bond motifs is 2. The molecular weight excluding hydrogens is 326 g/mol. The summed E-state index contributed by atoms with van der Waals surface area (Å²) in [7, 11) is 0. The molecule has 0 aliphatic rings. The molecule has 3 aromatic carbocycles. The van der Waals surface area contributed by atoms with Gasteiger partial charge in [0.2, 0.25) is 0 Å². The minimum atomic E-state index is -0.322. The van der Waals surface area contributed by atoms with Gasteiger partial charge in [0.25, 0.3) is 0 Å². The van der Waals surface area contributed by atoms with Gasteiger partial charge in [-0.2, -0.15) is 0 Å². The first-order valence-corrected chi connectivity index (χ1v) is 8.46. The first-order chi connectivity index (χ1) is 11.2. The molecule has 0 bridgehead atoms. The van der Waals surface area contributed by atoms with E-state index in [2.05, 4.69) is 28.5 Å². The molecule has 1 aromatic heterocycles. The Morgan fingerprint density at radius 2 is 1.87 bits per heavy atom. The van der Waals surface area contributed by atoms with Crippen LogP contribution in [0, 0.1) is 0 Å². The van der Waals surface area contributed by atoms with Crippen LogP contribution in [0.1, 0.15) is 11.7 Å². The van der Waals surface area contributed by atoms with Gasteiger partial charge in [-0.25, -0.2) is 4.98 Å². The number of halogens is 1. The van der Waals surface area contributed by atoms with Crippen molar-refractivity contribution >= 4 is 49.1 Å². The summed E-state index contributed by atoms with van der Waals surface area (Å²) in [5.41, 5.74) is 8.35. The number of thiazole rings is 1. The van der Waals surface area contributed by atoms with Crippen LogP contribution in [0.4, 0.5) is 5.13 Å². The average molecular weight is 340 g/mol. The Morgan fingerprint density at radius 3 is 2.78 bits per heavy atom. The molecule has 1 atom stereocenters. The maximum Gasteiger partial charge on any atom is 0.185 e. The van der Waals surface area contributed by atoms with Crippen LogP contribution in [0.5, 0.6) is 0 Å². The molecule has 0 radical (unpaired) electrons. The third-order valence-corrected chi connectivity index (χ3v) is 4.97. The zero-order valence-corrected chi connectivity index (χ0v) is 13.7. The van der Waals surface area contributed by atoms with E-state index in [1.807, 2.05) is 42.5 Å². The fraction of sp³-hybridized carbons (Fsp3) is 0.0556. The quantitative estimate of drug-likeness (QED) is 0.506. The molecule has 4 aromatic rings. The number of nitrogens with one attached hydrogen (secondary N) is 1. The molecule has 23 heavy (non-hydrogen) atoms. The Hall–Kier alpha value is -2.14. The van der Waals surface area contributed by atoms with E-state index in [1.54, 1.807) is 11.3 Å². The molecule has 0 spiro atoms. The standard InChI is InChI=1S/C18H14ClN3S/c19-12-8-9-15-16(10-12)23-18(21-15)22-17(20)14-7-3-5-11-4-1-2-6-13(11)14/h1-10,17H,20H2,(H,21,22). The van der Waals surface area contributed by atoms with Gasteiger partial charge in [0.05, 0.1) is 10.2 Å². The number of hydrogen-bond acceptors (Lipinski definition) is 4. The van der Waals surface area contributed by atoms with Crippen LogP contribution < -0.4 is 11.1 Å². The summed E-state index contributed by atoms with van der Waals surface area (Å²) in [6.45, 7) is 0. The van der Waals surface area contributed by atoms with Crippen LogP contribution in [-0.2, 0) is 0 Å². The van der Waals surface area contributed by atoms with Crippen LogP contribution in [0.15, 0.2) is 60.7 Å². The highest BCUT2D eigenvalue weighted by molar-refractivity contribution is 7.22. The second-order valence-electron chi connectivity index (χ2n) is 5.32. The van der Waals surface area contributed by atoms with Crippen LogP contribution in [0.2, 0.25) is 5.02 Å². The molecule has 4 rings (SSSR count). The van der Waals surface area contributed by atoms with Crippen molar-refractivity contribution in [2.24, 2.45) is 5.73 Å². The van der Waals surface area contributed by atoms with Gasteiger partial charge in [-0.3, -0.25) is 0 Å². The summed E-state index contributed by atoms with van der Waals surface area (Å²) in [6.07, 6.45) is -0.322. The van der Waals surface area contributed by atoms with E-state index < -0.39 is 0 Å². The molecule has 3 N–H and O–H groups in total. The predicted octanol–water partition coefficient (Wildman–Crippen LogP) is 5.17. The maximum atomic E-state index is 6.37. The lowest BCUT2D eigenvalue weighted by Crippen LogP contribution is -2.20. The molecule has 0 aliphatic heterocycles. The Morgan fingerprint density at radius 1 is 1.04 bits per heavy atom. The summed E-state index contributed by atoms with van der Waals surface area (Å²) in [5, 5.41) is 7.14. The molecule has 0 saturated heterocycles. The second kappa shape index (κ2) is 5.81. The van der Waals surface area contributed by atoms with E-state index in [1.165, 1.54) is 5.39 Å². The van der Waals surface area contributed by atoms with Crippen molar-refractivity contribution in [2.45, 2.75) is 6.17 Å². The van der Waals surface area contributed by atoms with Gasteiger partial charge in [0, 0.05) is 5.02 Å². The largest absolute Gasteiger partial charge is 0.342 e. The average Bonchev–Trinajstić information content (AvgIpc) is 2.95. The normalized spacial score (nSPS) is 12.6. The lowest BCUT2D eigenvalue weighted by atomic mass is 10.0. The Labute approximate surface area is 142 Å². The number of rotatable bonds is 3. The van der Waals surface area contributed by atoms with Gasteiger partial charge < -0.3 is 11.1 Å². The molecule has 1 unspecified atom stereocenters. The molecule has 3 nitrogen and oxygen atoms in total. The molecule has 5 heteroatoms. The fourth-order valence-electron chi connectivity index (χ4n) is 2.69. The highest BCUT2D eigenvalue weighted by atomic mass is 35.5. The summed E-state index contributed by atoms with van der Waals surface area (Å²) in [5.74, 6) is 0. The maximum absolute atomic E-state index is 6.37. The summed E-state index contributed by atoms with van der Waals surface area (Å²) in [6, 6.07) is 20.1. The fourth-order valence-corrected chi connectivity index (χ4v) is 3.87.